The molecule has 0 radical (unpaired) electrons. The van der Waals surface area contributed by atoms with E-state index in [4.69, 9.17) is 20.5 Å². The second-order valence-corrected chi connectivity index (χ2v) is 5.21. The van der Waals surface area contributed by atoms with Crippen molar-refractivity contribution in [1.82, 2.24) is 0 Å². The predicted octanol–water partition coefficient (Wildman–Crippen LogP) is 4.51. The number of hydrogen-bond donors (Lipinski definition) is 1. The van der Waals surface area contributed by atoms with Gasteiger partial charge in [-0.2, -0.15) is 5.26 Å². The van der Waals surface area contributed by atoms with E-state index >= 15 is 0 Å². The number of ether oxygens (including phenoxy) is 2. The maximum atomic E-state index is 8.85. The normalized spacial score (nSPS) is 9.96. The van der Waals surface area contributed by atoms with Gasteiger partial charge in [-0.25, -0.2) is 0 Å². The van der Waals surface area contributed by atoms with Crippen LogP contribution in [0.4, 0.5) is 5.69 Å². The van der Waals surface area contributed by atoms with E-state index in [0.29, 0.717) is 29.4 Å². The first-order valence-electron chi connectivity index (χ1n) is 7.49. The van der Waals surface area contributed by atoms with Gasteiger partial charge in [-0.3, -0.25) is 0 Å². The Labute approximate surface area is 140 Å². The van der Waals surface area contributed by atoms with Crippen molar-refractivity contribution in [2.24, 2.45) is 0 Å². The van der Waals surface area contributed by atoms with E-state index in [9.17, 15) is 0 Å². The number of nitrogen functional groups attached to an aromatic ring is 1. The first-order valence-corrected chi connectivity index (χ1v) is 7.49. The first kappa shape index (κ1) is 15.4. The van der Waals surface area contributed by atoms with Gasteiger partial charge in [0.1, 0.15) is 23.9 Å². The monoisotopic (exact) mass is 316 g/mol. The number of anilines is 1. The molecule has 0 bridgehead atoms. The minimum Gasteiger partial charge on any atom is -0.489 e. The zero-order valence-electron chi connectivity index (χ0n) is 13.0. The maximum absolute atomic E-state index is 8.85. The molecule has 3 aromatic carbocycles. The fraction of sp³-hybridized carbons (Fsp3) is 0.0500. The SMILES string of the molecule is N#Cc1ccc(Oc2ccc(OCc3ccccc3)cc2)c(N)c1. The van der Waals surface area contributed by atoms with Crippen LogP contribution in [0.5, 0.6) is 17.2 Å². The van der Waals surface area contributed by atoms with Gasteiger partial charge in [-0.05, 0) is 48.0 Å². The minimum atomic E-state index is 0.429. The highest BCUT2D eigenvalue weighted by Gasteiger charge is 2.04. The van der Waals surface area contributed by atoms with E-state index in [2.05, 4.69) is 0 Å². The van der Waals surface area contributed by atoms with Gasteiger partial charge in [0.15, 0.2) is 0 Å². The molecular formula is C20H16N2O2. The lowest BCUT2D eigenvalue weighted by atomic mass is 10.2. The Hall–Kier alpha value is -3.45. The molecular weight excluding hydrogens is 300 g/mol. The molecule has 0 aliphatic heterocycles. The van der Waals surface area contributed by atoms with Crippen molar-refractivity contribution >= 4 is 5.69 Å². The molecule has 0 unspecified atom stereocenters. The molecule has 0 aromatic heterocycles. The summed E-state index contributed by atoms with van der Waals surface area (Å²) in [6.07, 6.45) is 0. The molecule has 2 N–H and O–H groups in total. The smallest absolute Gasteiger partial charge is 0.150 e. The molecule has 0 aliphatic carbocycles. The van der Waals surface area contributed by atoms with E-state index in [1.54, 1.807) is 18.2 Å². The molecule has 118 valence electrons. The second kappa shape index (κ2) is 7.21. The van der Waals surface area contributed by atoms with Crippen LogP contribution in [0, 0.1) is 11.3 Å². The van der Waals surface area contributed by atoms with E-state index in [0.717, 1.165) is 11.3 Å². The number of rotatable bonds is 5. The largest absolute Gasteiger partial charge is 0.489 e. The van der Waals surface area contributed by atoms with Gasteiger partial charge in [0.05, 0.1) is 17.3 Å². The number of nitrogens with two attached hydrogens (primary N) is 1. The van der Waals surface area contributed by atoms with Gasteiger partial charge in [-0.15, -0.1) is 0 Å². The Bertz CT molecular complexity index is 853. The third-order valence-corrected chi connectivity index (χ3v) is 3.44. The highest BCUT2D eigenvalue weighted by molar-refractivity contribution is 5.57. The number of nitrogens with zero attached hydrogens (tertiary/aromatic N) is 1. The van der Waals surface area contributed by atoms with Crippen LogP contribution in [0.2, 0.25) is 0 Å². The van der Waals surface area contributed by atoms with Gasteiger partial charge in [0.2, 0.25) is 0 Å². The van der Waals surface area contributed by atoms with Crippen molar-refractivity contribution in [2.45, 2.75) is 6.61 Å². The topological polar surface area (TPSA) is 68.3 Å². The Morgan fingerprint density at radius 3 is 2.25 bits per heavy atom. The quantitative estimate of drug-likeness (QED) is 0.703. The molecule has 0 amide bonds. The zero-order valence-corrected chi connectivity index (χ0v) is 13.0. The fourth-order valence-corrected chi connectivity index (χ4v) is 2.18. The third-order valence-electron chi connectivity index (χ3n) is 3.44. The molecule has 24 heavy (non-hydrogen) atoms. The average molecular weight is 316 g/mol. The molecule has 3 rings (SSSR count). The molecule has 0 heterocycles. The lowest BCUT2D eigenvalue weighted by molar-refractivity contribution is 0.306. The van der Waals surface area contributed by atoms with E-state index in [1.807, 2.05) is 60.7 Å². The van der Waals surface area contributed by atoms with Crippen LogP contribution in [0.15, 0.2) is 72.8 Å². The van der Waals surface area contributed by atoms with Gasteiger partial charge in [0, 0.05) is 0 Å². The highest BCUT2D eigenvalue weighted by atomic mass is 16.5. The van der Waals surface area contributed by atoms with E-state index < -0.39 is 0 Å². The molecule has 0 atom stereocenters. The van der Waals surface area contributed by atoms with Crippen LogP contribution in [0.3, 0.4) is 0 Å². The summed E-state index contributed by atoms with van der Waals surface area (Å²) in [4.78, 5) is 0. The molecule has 4 nitrogen and oxygen atoms in total. The predicted molar refractivity (Wildman–Crippen MR) is 92.9 cm³/mol. The maximum Gasteiger partial charge on any atom is 0.150 e. The summed E-state index contributed by atoms with van der Waals surface area (Å²) in [6.45, 7) is 0.517. The van der Waals surface area contributed by atoms with Crippen molar-refractivity contribution < 1.29 is 9.47 Å². The molecule has 0 spiro atoms. The Balaban J connectivity index is 1.63. The lowest BCUT2D eigenvalue weighted by Gasteiger charge is -2.10. The van der Waals surface area contributed by atoms with Gasteiger partial charge >= 0.3 is 0 Å². The van der Waals surface area contributed by atoms with Crippen LogP contribution in [-0.2, 0) is 6.61 Å². The van der Waals surface area contributed by atoms with Crippen LogP contribution in [0.25, 0.3) is 0 Å². The highest BCUT2D eigenvalue weighted by Crippen LogP contribution is 2.29. The van der Waals surface area contributed by atoms with Crippen LogP contribution in [-0.4, -0.2) is 0 Å². The molecule has 0 aliphatic rings. The number of nitriles is 1. The summed E-state index contributed by atoms with van der Waals surface area (Å²) in [5.74, 6) is 1.93. The number of hydrogen-bond acceptors (Lipinski definition) is 4. The average Bonchev–Trinajstić information content (AvgIpc) is 2.63. The summed E-state index contributed by atoms with van der Waals surface area (Å²) in [6, 6.07) is 24.3. The fourth-order valence-electron chi connectivity index (χ4n) is 2.18. The lowest BCUT2D eigenvalue weighted by Crippen LogP contribution is -1.95. The van der Waals surface area contributed by atoms with Gasteiger partial charge < -0.3 is 15.2 Å². The Morgan fingerprint density at radius 2 is 1.58 bits per heavy atom. The van der Waals surface area contributed by atoms with E-state index in [-0.39, 0.29) is 0 Å². The Kier molecular flexibility index (Phi) is 4.64. The molecule has 3 aromatic rings. The summed E-state index contributed by atoms with van der Waals surface area (Å²) >= 11 is 0. The van der Waals surface area contributed by atoms with Crippen molar-refractivity contribution in [3.8, 4) is 23.3 Å². The van der Waals surface area contributed by atoms with Crippen LogP contribution >= 0.6 is 0 Å². The first-order chi connectivity index (χ1) is 11.7. The zero-order chi connectivity index (χ0) is 16.8. The standard InChI is InChI=1S/C20H16N2O2/c21-13-16-6-11-20(19(22)12-16)24-18-9-7-17(8-10-18)23-14-15-4-2-1-3-5-15/h1-12H,14,22H2. The summed E-state index contributed by atoms with van der Waals surface area (Å²) in [5, 5.41) is 8.85. The van der Waals surface area contributed by atoms with Crippen molar-refractivity contribution in [1.29, 1.82) is 5.26 Å². The second-order valence-electron chi connectivity index (χ2n) is 5.21. The summed E-state index contributed by atoms with van der Waals surface area (Å²) in [5.41, 5.74) is 7.93. The third kappa shape index (κ3) is 3.84. The van der Waals surface area contributed by atoms with Crippen molar-refractivity contribution in [3.63, 3.8) is 0 Å². The Morgan fingerprint density at radius 1 is 0.875 bits per heavy atom. The van der Waals surface area contributed by atoms with Gasteiger partial charge in [0.25, 0.3) is 0 Å². The molecule has 0 fully saturated rings. The van der Waals surface area contributed by atoms with Gasteiger partial charge in [-0.1, -0.05) is 30.3 Å². The minimum absolute atomic E-state index is 0.429. The summed E-state index contributed by atoms with van der Waals surface area (Å²) < 4.78 is 11.5. The molecule has 0 saturated carbocycles. The van der Waals surface area contributed by atoms with Crippen molar-refractivity contribution in [2.75, 3.05) is 5.73 Å². The van der Waals surface area contributed by atoms with E-state index in [1.165, 1.54) is 0 Å². The van der Waals surface area contributed by atoms with Crippen molar-refractivity contribution in [3.05, 3.63) is 83.9 Å². The van der Waals surface area contributed by atoms with Crippen LogP contribution < -0.4 is 15.2 Å². The number of benzene rings is 3. The molecule has 4 heteroatoms. The molecule has 0 saturated heterocycles. The van der Waals surface area contributed by atoms with Crippen LogP contribution in [0.1, 0.15) is 11.1 Å². The summed E-state index contributed by atoms with van der Waals surface area (Å²) in [7, 11) is 0.